The highest BCUT2D eigenvalue weighted by molar-refractivity contribution is 5.89. The van der Waals surface area contributed by atoms with Crippen molar-refractivity contribution in [2.75, 3.05) is 6.54 Å². The molecule has 0 saturated heterocycles. The molecule has 3 unspecified atom stereocenters. The van der Waals surface area contributed by atoms with E-state index in [0.29, 0.717) is 38.6 Å². The van der Waals surface area contributed by atoms with Gasteiger partial charge < -0.3 is 26.4 Å². The average Bonchev–Trinajstić information content (AvgIpc) is 3.02. The Labute approximate surface area is 273 Å². The van der Waals surface area contributed by atoms with E-state index in [1.807, 2.05) is 69.3 Å². The first-order chi connectivity index (χ1) is 21.9. The van der Waals surface area contributed by atoms with Crippen LogP contribution in [0, 0.1) is 23.7 Å². The molecule has 2 aromatic carbocycles. The SMILES string of the molecule is CC(C)(C)N(CCCC[C@H](NC(=O)C(CCc1ccccc1)Cc1ccccc1)C(=O)NC1C2CCC(CC2)C1C(N)=O)C(=O)O. The molecule has 9 heteroatoms. The fourth-order valence-corrected chi connectivity index (χ4v) is 7.44. The summed E-state index contributed by atoms with van der Waals surface area (Å²) in [6.07, 6.45) is 6.14. The number of hydrogen-bond donors (Lipinski definition) is 4. The van der Waals surface area contributed by atoms with E-state index in [2.05, 4.69) is 22.8 Å². The Morgan fingerprint density at radius 3 is 2.00 bits per heavy atom. The lowest BCUT2D eigenvalue weighted by molar-refractivity contribution is -0.135. The number of rotatable bonds is 15. The lowest BCUT2D eigenvalue weighted by Crippen LogP contribution is -2.60. The second-order valence-corrected chi connectivity index (χ2v) is 14.2. The average molecular weight is 633 g/mol. The minimum Gasteiger partial charge on any atom is -0.465 e. The first-order valence-corrected chi connectivity index (χ1v) is 16.9. The number of hydrogen-bond acceptors (Lipinski definition) is 4. The van der Waals surface area contributed by atoms with Gasteiger partial charge in [0.25, 0.3) is 0 Å². The van der Waals surface area contributed by atoms with E-state index in [0.717, 1.165) is 43.2 Å². The van der Waals surface area contributed by atoms with E-state index in [4.69, 9.17) is 5.73 Å². The van der Waals surface area contributed by atoms with Crippen LogP contribution < -0.4 is 16.4 Å². The Morgan fingerprint density at radius 2 is 1.43 bits per heavy atom. The van der Waals surface area contributed by atoms with Crippen molar-refractivity contribution in [3.63, 3.8) is 0 Å². The number of unbranched alkanes of at least 4 members (excludes halogenated alkanes) is 1. The van der Waals surface area contributed by atoms with Crippen LogP contribution >= 0.6 is 0 Å². The highest BCUT2D eigenvalue weighted by Gasteiger charge is 2.47. The number of carbonyl (C=O) groups excluding carboxylic acids is 3. The van der Waals surface area contributed by atoms with Crippen LogP contribution in [0.1, 0.15) is 83.3 Å². The molecule has 3 aliphatic carbocycles. The van der Waals surface area contributed by atoms with Crippen molar-refractivity contribution in [2.24, 2.45) is 29.4 Å². The molecule has 0 heterocycles. The number of benzene rings is 2. The molecular weight excluding hydrogens is 580 g/mol. The van der Waals surface area contributed by atoms with Gasteiger partial charge in [-0.3, -0.25) is 14.4 Å². The summed E-state index contributed by atoms with van der Waals surface area (Å²) in [6, 6.07) is 18.8. The predicted molar refractivity (Wildman–Crippen MR) is 179 cm³/mol. The van der Waals surface area contributed by atoms with Crippen molar-refractivity contribution < 1.29 is 24.3 Å². The zero-order chi connectivity index (χ0) is 33.3. The zero-order valence-corrected chi connectivity index (χ0v) is 27.6. The third-order valence-electron chi connectivity index (χ3n) is 9.97. The number of amides is 4. The van der Waals surface area contributed by atoms with Crippen LogP contribution in [-0.4, -0.2) is 58.0 Å². The van der Waals surface area contributed by atoms with Crippen LogP contribution in [0.3, 0.4) is 0 Å². The third kappa shape index (κ3) is 9.56. The van der Waals surface area contributed by atoms with Gasteiger partial charge in [0, 0.05) is 24.0 Å². The predicted octanol–water partition coefficient (Wildman–Crippen LogP) is 5.32. The maximum atomic E-state index is 14.0. The van der Waals surface area contributed by atoms with E-state index >= 15 is 0 Å². The van der Waals surface area contributed by atoms with Gasteiger partial charge in [-0.05, 0) is 108 Å². The second kappa shape index (κ2) is 16.1. The largest absolute Gasteiger partial charge is 0.465 e. The minimum atomic E-state index is -0.984. The Morgan fingerprint density at radius 1 is 0.848 bits per heavy atom. The summed E-state index contributed by atoms with van der Waals surface area (Å²) in [4.78, 5) is 53.7. The van der Waals surface area contributed by atoms with E-state index in [1.54, 1.807) is 0 Å². The van der Waals surface area contributed by atoms with E-state index in [-0.39, 0.29) is 41.5 Å². The Balaban J connectivity index is 1.50. The summed E-state index contributed by atoms with van der Waals surface area (Å²) in [6.45, 7) is 5.89. The van der Waals surface area contributed by atoms with Crippen LogP contribution in [0.4, 0.5) is 4.79 Å². The van der Waals surface area contributed by atoms with Gasteiger partial charge in [-0.25, -0.2) is 4.79 Å². The van der Waals surface area contributed by atoms with Crippen LogP contribution in [0.25, 0.3) is 0 Å². The first-order valence-electron chi connectivity index (χ1n) is 16.9. The van der Waals surface area contributed by atoms with Crippen molar-refractivity contribution in [2.45, 2.75) is 103 Å². The summed E-state index contributed by atoms with van der Waals surface area (Å²) in [5.74, 6) is -1.25. The number of nitrogens with zero attached hydrogens (tertiary/aromatic N) is 1. The molecular formula is C37H52N4O5. The molecule has 250 valence electrons. The van der Waals surface area contributed by atoms with Crippen molar-refractivity contribution >= 4 is 23.8 Å². The number of aryl methyl sites for hydroxylation is 1. The standard InChI is InChI=1S/C37H52N4O5/c1-37(2,3)41(36(45)46)23-11-10-16-30(35(44)40-32-28-21-19-27(20-22-28)31(32)33(38)42)39-34(43)29(24-26-14-8-5-9-15-26)18-17-25-12-6-4-7-13-25/h4-9,12-15,27-32H,10-11,16-24H2,1-3H3,(H2,38,42)(H,39,43)(H,40,44)(H,45,46)/t27?,28?,29?,30-,31?,32?/m0/s1. The molecule has 0 spiro atoms. The van der Waals surface area contributed by atoms with E-state index in [9.17, 15) is 24.3 Å². The molecule has 0 aliphatic heterocycles. The lowest BCUT2D eigenvalue weighted by Gasteiger charge is -2.47. The molecule has 9 nitrogen and oxygen atoms in total. The summed E-state index contributed by atoms with van der Waals surface area (Å²) < 4.78 is 0. The number of nitrogens with two attached hydrogens (primary N) is 1. The molecule has 0 radical (unpaired) electrons. The molecule has 3 fully saturated rings. The quantitative estimate of drug-likeness (QED) is 0.197. The van der Waals surface area contributed by atoms with Crippen LogP contribution in [0.2, 0.25) is 0 Å². The van der Waals surface area contributed by atoms with Gasteiger partial charge in [0.15, 0.2) is 0 Å². The molecule has 2 aromatic rings. The van der Waals surface area contributed by atoms with Gasteiger partial charge in [-0.1, -0.05) is 60.7 Å². The van der Waals surface area contributed by atoms with E-state index in [1.165, 1.54) is 4.90 Å². The first kappa shape index (κ1) is 35.0. The molecule has 2 bridgehead atoms. The van der Waals surface area contributed by atoms with Crippen molar-refractivity contribution in [1.29, 1.82) is 0 Å². The highest BCUT2D eigenvalue weighted by atomic mass is 16.4. The molecule has 4 atom stereocenters. The maximum absolute atomic E-state index is 14.0. The number of fused-ring (bicyclic) bond motifs is 3. The van der Waals surface area contributed by atoms with Gasteiger partial charge >= 0.3 is 6.09 Å². The number of carboxylic acid groups (broad SMARTS) is 1. The van der Waals surface area contributed by atoms with Crippen LogP contribution in [-0.2, 0) is 27.2 Å². The van der Waals surface area contributed by atoms with Gasteiger partial charge in [-0.15, -0.1) is 0 Å². The molecule has 0 aromatic heterocycles. The number of primary amides is 1. The molecule has 46 heavy (non-hydrogen) atoms. The molecule has 5 rings (SSSR count). The summed E-state index contributed by atoms with van der Waals surface area (Å²) in [5.41, 5.74) is 7.49. The molecule has 4 amide bonds. The van der Waals surface area contributed by atoms with Gasteiger partial charge in [0.2, 0.25) is 17.7 Å². The van der Waals surface area contributed by atoms with Gasteiger partial charge in [0.05, 0.1) is 5.92 Å². The Bertz CT molecular complexity index is 1300. The molecule has 3 aliphatic rings. The van der Waals surface area contributed by atoms with Gasteiger partial charge in [-0.2, -0.15) is 0 Å². The van der Waals surface area contributed by atoms with Crippen LogP contribution in [0.15, 0.2) is 60.7 Å². The number of nitrogens with one attached hydrogen (secondary N) is 2. The lowest BCUT2D eigenvalue weighted by atomic mass is 9.61. The van der Waals surface area contributed by atoms with Crippen molar-refractivity contribution in [3.05, 3.63) is 71.8 Å². The van der Waals surface area contributed by atoms with E-state index < -0.39 is 23.6 Å². The second-order valence-electron chi connectivity index (χ2n) is 14.2. The zero-order valence-electron chi connectivity index (χ0n) is 27.6. The normalized spacial score (nSPS) is 22.0. The van der Waals surface area contributed by atoms with Crippen molar-refractivity contribution in [1.82, 2.24) is 15.5 Å². The summed E-state index contributed by atoms with van der Waals surface area (Å²) >= 11 is 0. The smallest absolute Gasteiger partial charge is 0.407 e. The highest BCUT2D eigenvalue weighted by Crippen LogP contribution is 2.45. The topological polar surface area (TPSA) is 142 Å². The summed E-state index contributed by atoms with van der Waals surface area (Å²) in [7, 11) is 0. The summed E-state index contributed by atoms with van der Waals surface area (Å²) in [5, 5.41) is 16.0. The van der Waals surface area contributed by atoms with Gasteiger partial charge in [0.1, 0.15) is 6.04 Å². The fraction of sp³-hybridized carbons (Fsp3) is 0.568. The molecule has 5 N–H and O–H groups in total. The maximum Gasteiger partial charge on any atom is 0.407 e. The third-order valence-corrected chi connectivity index (χ3v) is 9.97. The Hall–Kier alpha value is -3.88. The fourth-order valence-electron chi connectivity index (χ4n) is 7.44. The number of carbonyl (C=O) groups is 4. The minimum absolute atomic E-state index is 0.175. The van der Waals surface area contributed by atoms with Crippen molar-refractivity contribution in [3.8, 4) is 0 Å². The monoisotopic (exact) mass is 632 g/mol. The van der Waals surface area contributed by atoms with Crippen LogP contribution in [0.5, 0.6) is 0 Å². The molecule has 3 saturated carbocycles. The Kier molecular flexibility index (Phi) is 12.2.